The standard InChI is InChI=1S/C23H34N2O2/c1-2-24(18-19-10-6-5-7-11-19)22(26)20-12-14-21(15-13-20)23(27)25-16-8-3-4-9-17-25/h5-7,10-11,20-21H,2-4,8-9,12-18H2,1H3. The van der Waals surface area contributed by atoms with Crippen molar-refractivity contribution < 1.29 is 9.59 Å². The lowest BCUT2D eigenvalue weighted by Gasteiger charge is -2.33. The number of hydrogen-bond donors (Lipinski definition) is 0. The summed E-state index contributed by atoms with van der Waals surface area (Å²) in [4.78, 5) is 29.9. The topological polar surface area (TPSA) is 40.6 Å². The number of carbonyl (C=O) groups is 2. The van der Waals surface area contributed by atoms with E-state index in [0.717, 1.165) is 58.2 Å². The summed E-state index contributed by atoms with van der Waals surface area (Å²) in [5, 5.41) is 0. The van der Waals surface area contributed by atoms with Crippen LogP contribution in [0, 0.1) is 11.8 Å². The second kappa shape index (κ2) is 9.91. The highest BCUT2D eigenvalue weighted by molar-refractivity contribution is 5.81. The Morgan fingerprint density at radius 2 is 1.52 bits per heavy atom. The van der Waals surface area contributed by atoms with Crippen molar-refractivity contribution in [2.45, 2.75) is 64.8 Å². The van der Waals surface area contributed by atoms with Crippen molar-refractivity contribution in [2.24, 2.45) is 11.8 Å². The molecule has 1 saturated heterocycles. The van der Waals surface area contributed by atoms with Crippen molar-refractivity contribution in [3.8, 4) is 0 Å². The molecule has 27 heavy (non-hydrogen) atoms. The number of amides is 2. The largest absolute Gasteiger partial charge is 0.342 e. The molecule has 3 rings (SSSR count). The molecule has 1 aromatic carbocycles. The lowest BCUT2D eigenvalue weighted by Crippen LogP contribution is -2.41. The van der Waals surface area contributed by atoms with Crippen LogP contribution in [0.4, 0.5) is 0 Å². The van der Waals surface area contributed by atoms with Crippen molar-refractivity contribution in [3.63, 3.8) is 0 Å². The highest BCUT2D eigenvalue weighted by Gasteiger charge is 2.33. The Bertz CT molecular complexity index is 600. The van der Waals surface area contributed by atoms with Crippen LogP contribution in [-0.2, 0) is 16.1 Å². The van der Waals surface area contributed by atoms with Crippen LogP contribution in [0.3, 0.4) is 0 Å². The molecule has 4 nitrogen and oxygen atoms in total. The van der Waals surface area contributed by atoms with Crippen LogP contribution in [0.2, 0.25) is 0 Å². The summed E-state index contributed by atoms with van der Waals surface area (Å²) in [7, 11) is 0. The number of likely N-dealkylation sites (tertiary alicyclic amines) is 1. The van der Waals surface area contributed by atoms with Gasteiger partial charge in [-0.15, -0.1) is 0 Å². The van der Waals surface area contributed by atoms with E-state index in [9.17, 15) is 9.59 Å². The molecule has 0 N–H and O–H groups in total. The fraction of sp³-hybridized carbons (Fsp3) is 0.652. The molecule has 2 fully saturated rings. The number of hydrogen-bond acceptors (Lipinski definition) is 2. The van der Waals surface area contributed by atoms with E-state index in [4.69, 9.17) is 0 Å². The molecule has 0 bridgehead atoms. The Balaban J connectivity index is 1.51. The van der Waals surface area contributed by atoms with E-state index in [-0.39, 0.29) is 17.7 Å². The average Bonchev–Trinajstić information content (AvgIpc) is 3.01. The molecule has 0 unspecified atom stereocenters. The second-order valence-corrected chi connectivity index (χ2v) is 8.13. The monoisotopic (exact) mass is 370 g/mol. The zero-order valence-electron chi connectivity index (χ0n) is 16.7. The van der Waals surface area contributed by atoms with Gasteiger partial charge in [-0.2, -0.15) is 0 Å². The third-order valence-corrected chi connectivity index (χ3v) is 6.25. The molecule has 1 heterocycles. The molecule has 2 aliphatic rings. The molecule has 1 aromatic rings. The third-order valence-electron chi connectivity index (χ3n) is 6.25. The number of nitrogens with zero attached hydrogens (tertiary/aromatic N) is 2. The van der Waals surface area contributed by atoms with E-state index in [0.29, 0.717) is 12.5 Å². The fourth-order valence-corrected chi connectivity index (χ4v) is 4.54. The molecule has 0 atom stereocenters. The van der Waals surface area contributed by atoms with Crippen LogP contribution in [0.15, 0.2) is 30.3 Å². The van der Waals surface area contributed by atoms with Gasteiger partial charge in [0, 0.05) is 38.0 Å². The first-order valence-electron chi connectivity index (χ1n) is 10.8. The zero-order valence-corrected chi connectivity index (χ0v) is 16.7. The van der Waals surface area contributed by atoms with Crippen molar-refractivity contribution >= 4 is 11.8 Å². The molecule has 4 heteroatoms. The Hall–Kier alpha value is -1.84. The SMILES string of the molecule is CCN(Cc1ccccc1)C(=O)C1CCC(C(=O)N2CCCCCC2)CC1. The molecule has 1 aliphatic carbocycles. The van der Waals surface area contributed by atoms with Crippen molar-refractivity contribution in [1.29, 1.82) is 0 Å². The van der Waals surface area contributed by atoms with Gasteiger partial charge in [-0.25, -0.2) is 0 Å². The van der Waals surface area contributed by atoms with Gasteiger partial charge in [0.2, 0.25) is 11.8 Å². The lowest BCUT2D eigenvalue weighted by molar-refractivity contribution is -0.141. The first-order chi connectivity index (χ1) is 13.2. The Morgan fingerprint density at radius 3 is 2.11 bits per heavy atom. The van der Waals surface area contributed by atoms with Gasteiger partial charge in [-0.3, -0.25) is 9.59 Å². The van der Waals surface area contributed by atoms with E-state index < -0.39 is 0 Å². The average molecular weight is 371 g/mol. The van der Waals surface area contributed by atoms with Gasteiger partial charge in [-0.05, 0) is 51.0 Å². The molecule has 2 amide bonds. The van der Waals surface area contributed by atoms with E-state index in [1.54, 1.807) is 0 Å². The minimum atomic E-state index is 0.0850. The molecule has 1 saturated carbocycles. The van der Waals surface area contributed by atoms with Crippen LogP contribution < -0.4 is 0 Å². The predicted molar refractivity (Wildman–Crippen MR) is 108 cm³/mol. The molecular formula is C23H34N2O2. The van der Waals surface area contributed by atoms with Gasteiger partial charge >= 0.3 is 0 Å². The minimum absolute atomic E-state index is 0.0850. The van der Waals surface area contributed by atoms with Gasteiger partial charge in [0.15, 0.2) is 0 Å². The summed E-state index contributed by atoms with van der Waals surface area (Å²) < 4.78 is 0. The summed E-state index contributed by atoms with van der Waals surface area (Å²) >= 11 is 0. The summed E-state index contributed by atoms with van der Waals surface area (Å²) in [6, 6.07) is 10.2. The fourth-order valence-electron chi connectivity index (χ4n) is 4.54. The van der Waals surface area contributed by atoms with Crippen molar-refractivity contribution in [3.05, 3.63) is 35.9 Å². The highest BCUT2D eigenvalue weighted by Crippen LogP contribution is 2.32. The smallest absolute Gasteiger partial charge is 0.225 e. The number of carbonyl (C=O) groups excluding carboxylic acids is 2. The first kappa shape index (κ1) is 19.9. The van der Waals surface area contributed by atoms with Crippen LogP contribution in [0.25, 0.3) is 0 Å². The van der Waals surface area contributed by atoms with Crippen LogP contribution >= 0.6 is 0 Å². The van der Waals surface area contributed by atoms with E-state index in [1.807, 2.05) is 23.1 Å². The van der Waals surface area contributed by atoms with E-state index in [1.165, 1.54) is 18.4 Å². The van der Waals surface area contributed by atoms with Gasteiger partial charge in [0.1, 0.15) is 0 Å². The first-order valence-corrected chi connectivity index (χ1v) is 10.8. The van der Waals surface area contributed by atoms with Crippen LogP contribution in [0.1, 0.15) is 63.9 Å². The molecule has 0 aromatic heterocycles. The Morgan fingerprint density at radius 1 is 0.926 bits per heavy atom. The summed E-state index contributed by atoms with van der Waals surface area (Å²) in [6.07, 6.45) is 8.24. The second-order valence-electron chi connectivity index (χ2n) is 8.13. The van der Waals surface area contributed by atoms with Gasteiger partial charge in [0.05, 0.1) is 0 Å². The van der Waals surface area contributed by atoms with Crippen molar-refractivity contribution in [2.75, 3.05) is 19.6 Å². The van der Waals surface area contributed by atoms with Crippen LogP contribution in [0.5, 0.6) is 0 Å². The minimum Gasteiger partial charge on any atom is -0.342 e. The van der Waals surface area contributed by atoms with Crippen molar-refractivity contribution in [1.82, 2.24) is 9.80 Å². The van der Waals surface area contributed by atoms with E-state index >= 15 is 0 Å². The Labute approximate surface area is 163 Å². The summed E-state index contributed by atoms with van der Waals surface area (Å²) in [6.45, 7) is 5.33. The maximum atomic E-state index is 13.0. The van der Waals surface area contributed by atoms with Gasteiger partial charge in [-0.1, -0.05) is 43.2 Å². The molecule has 148 valence electrons. The molecular weight excluding hydrogens is 336 g/mol. The zero-order chi connectivity index (χ0) is 19.1. The van der Waals surface area contributed by atoms with E-state index in [2.05, 4.69) is 24.0 Å². The normalized spacial score (nSPS) is 23.5. The maximum absolute atomic E-state index is 13.0. The number of benzene rings is 1. The Kier molecular flexibility index (Phi) is 7.31. The summed E-state index contributed by atoms with van der Waals surface area (Å²) in [5.74, 6) is 0.833. The maximum Gasteiger partial charge on any atom is 0.225 e. The quantitative estimate of drug-likeness (QED) is 0.778. The summed E-state index contributed by atoms with van der Waals surface area (Å²) in [5.41, 5.74) is 1.18. The predicted octanol–water partition coefficient (Wildman–Crippen LogP) is 4.24. The molecule has 0 radical (unpaired) electrons. The molecule has 1 aliphatic heterocycles. The lowest BCUT2D eigenvalue weighted by atomic mass is 9.80. The highest BCUT2D eigenvalue weighted by atomic mass is 16.2. The molecule has 0 spiro atoms. The number of rotatable bonds is 5. The van der Waals surface area contributed by atoms with Gasteiger partial charge in [0.25, 0.3) is 0 Å². The van der Waals surface area contributed by atoms with Crippen LogP contribution in [-0.4, -0.2) is 41.2 Å². The third kappa shape index (κ3) is 5.33. The van der Waals surface area contributed by atoms with Gasteiger partial charge < -0.3 is 9.80 Å².